The second-order valence-electron chi connectivity index (χ2n) is 4.31. The summed E-state index contributed by atoms with van der Waals surface area (Å²) in [6.45, 7) is 5.59. The summed E-state index contributed by atoms with van der Waals surface area (Å²) in [4.78, 5) is 16.1. The number of rotatable bonds is 3. The molecule has 4 heteroatoms. The third-order valence-electron chi connectivity index (χ3n) is 2.96. The topological polar surface area (TPSA) is 34.9 Å². The first-order valence-electron chi connectivity index (χ1n) is 5.80. The van der Waals surface area contributed by atoms with Crippen LogP contribution in [0.25, 0.3) is 5.69 Å². The predicted octanol–water partition coefficient (Wildman–Crippen LogP) is 3.30. The molecule has 94 valence electrons. The summed E-state index contributed by atoms with van der Waals surface area (Å²) in [5, 5.41) is -0.507. The van der Waals surface area contributed by atoms with E-state index in [0.29, 0.717) is 5.56 Å². The molecule has 0 spiro atoms. The highest BCUT2D eigenvalue weighted by Crippen LogP contribution is 2.22. The van der Waals surface area contributed by atoms with Crippen LogP contribution in [-0.2, 0) is 0 Å². The van der Waals surface area contributed by atoms with Crippen LogP contribution in [0.4, 0.5) is 0 Å². The van der Waals surface area contributed by atoms with Gasteiger partial charge < -0.3 is 4.57 Å². The molecule has 18 heavy (non-hydrogen) atoms. The van der Waals surface area contributed by atoms with Gasteiger partial charge in [0.05, 0.1) is 17.3 Å². The fourth-order valence-corrected chi connectivity index (χ4v) is 2.23. The fraction of sp³-hybridized carbons (Fsp3) is 0.286. The molecule has 0 aliphatic carbocycles. The average molecular weight is 263 g/mol. The Labute approximate surface area is 111 Å². The molecular formula is C14H15ClN2O. The molecule has 0 bridgehead atoms. The number of aromatic nitrogens is 2. The normalized spacial score (nSPS) is 12.4. The van der Waals surface area contributed by atoms with Crippen LogP contribution >= 0.6 is 11.6 Å². The zero-order chi connectivity index (χ0) is 13.3. The van der Waals surface area contributed by atoms with E-state index in [1.165, 1.54) is 0 Å². The lowest BCUT2D eigenvalue weighted by Crippen LogP contribution is -2.11. The molecule has 0 fully saturated rings. The largest absolute Gasteiger partial charge is 0.316 e. The van der Waals surface area contributed by atoms with Crippen LogP contribution in [0.2, 0.25) is 0 Å². The number of ketones is 1. The Hall–Kier alpha value is -1.61. The first-order chi connectivity index (χ1) is 8.52. The molecule has 2 heterocycles. The SMILES string of the molecule is Cc1cc(C(=O)C(C)Cl)c(C)n1-c1cccnc1. The van der Waals surface area contributed by atoms with Gasteiger partial charge in [-0.2, -0.15) is 0 Å². The zero-order valence-electron chi connectivity index (χ0n) is 10.6. The first kappa shape index (κ1) is 12.8. The van der Waals surface area contributed by atoms with Crippen LogP contribution in [0, 0.1) is 13.8 Å². The van der Waals surface area contributed by atoms with Gasteiger partial charge in [0.1, 0.15) is 0 Å². The van der Waals surface area contributed by atoms with E-state index in [4.69, 9.17) is 11.6 Å². The summed E-state index contributed by atoms with van der Waals surface area (Å²) in [5.41, 5.74) is 3.53. The van der Waals surface area contributed by atoms with Crippen LogP contribution in [0.1, 0.15) is 28.7 Å². The van der Waals surface area contributed by atoms with Crippen molar-refractivity contribution in [3.63, 3.8) is 0 Å². The molecule has 0 amide bonds. The van der Waals surface area contributed by atoms with Gasteiger partial charge in [-0.3, -0.25) is 9.78 Å². The number of carbonyl (C=O) groups excluding carboxylic acids is 1. The summed E-state index contributed by atoms with van der Waals surface area (Å²) in [6.07, 6.45) is 3.50. The van der Waals surface area contributed by atoms with Crippen molar-refractivity contribution in [2.24, 2.45) is 0 Å². The number of hydrogen-bond acceptors (Lipinski definition) is 2. The van der Waals surface area contributed by atoms with Crippen molar-refractivity contribution in [3.05, 3.63) is 47.5 Å². The maximum absolute atomic E-state index is 12.0. The highest BCUT2D eigenvalue weighted by Gasteiger charge is 2.19. The zero-order valence-corrected chi connectivity index (χ0v) is 11.4. The first-order valence-corrected chi connectivity index (χ1v) is 6.23. The van der Waals surface area contributed by atoms with E-state index in [1.54, 1.807) is 19.3 Å². The molecule has 3 nitrogen and oxygen atoms in total. The average Bonchev–Trinajstić information content (AvgIpc) is 2.65. The molecular weight excluding hydrogens is 248 g/mol. The molecule has 0 N–H and O–H groups in total. The molecule has 0 saturated heterocycles. The lowest BCUT2D eigenvalue weighted by atomic mass is 10.1. The number of pyridine rings is 1. The van der Waals surface area contributed by atoms with Crippen molar-refractivity contribution >= 4 is 17.4 Å². The quantitative estimate of drug-likeness (QED) is 0.628. The van der Waals surface area contributed by atoms with Gasteiger partial charge in [0.2, 0.25) is 0 Å². The minimum atomic E-state index is -0.507. The number of carbonyl (C=O) groups is 1. The van der Waals surface area contributed by atoms with E-state index in [2.05, 4.69) is 4.98 Å². The highest BCUT2D eigenvalue weighted by molar-refractivity contribution is 6.33. The van der Waals surface area contributed by atoms with Crippen molar-refractivity contribution in [2.45, 2.75) is 26.1 Å². The number of nitrogens with zero attached hydrogens (tertiary/aromatic N) is 2. The molecule has 2 aromatic heterocycles. The maximum atomic E-state index is 12.0. The summed E-state index contributed by atoms with van der Waals surface area (Å²) >= 11 is 5.87. The van der Waals surface area contributed by atoms with E-state index >= 15 is 0 Å². The van der Waals surface area contributed by atoms with Crippen molar-refractivity contribution in [1.82, 2.24) is 9.55 Å². The van der Waals surface area contributed by atoms with Crippen molar-refractivity contribution in [1.29, 1.82) is 0 Å². The van der Waals surface area contributed by atoms with Gasteiger partial charge in [0.25, 0.3) is 0 Å². The molecule has 2 aromatic rings. The number of aryl methyl sites for hydroxylation is 1. The molecule has 0 saturated carbocycles. The summed E-state index contributed by atoms with van der Waals surface area (Å²) in [7, 11) is 0. The monoisotopic (exact) mass is 262 g/mol. The predicted molar refractivity (Wildman–Crippen MR) is 72.7 cm³/mol. The Bertz CT molecular complexity index is 573. The van der Waals surface area contributed by atoms with E-state index in [0.717, 1.165) is 17.1 Å². The molecule has 2 rings (SSSR count). The van der Waals surface area contributed by atoms with Gasteiger partial charge in [-0.05, 0) is 39.0 Å². The van der Waals surface area contributed by atoms with E-state index in [1.807, 2.05) is 36.6 Å². The van der Waals surface area contributed by atoms with Gasteiger partial charge in [-0.25, -0.2) is 0 Å². The summed E-state index contributed by atoms with van der Waals surface area (Å²) in [5.74, 6) is -0.0418. The standard InChI is InChI=1S/C14H15ClN2O/c1-9-7-13(14(18)10(2)15)11(3)17(9)12-5-4-6-16-8-12/h4-8,10H,1-3H3. The smallest absolute Gasteiger partial charge is 0.182 e. The van der Waals surface area contributed by atoms with Gasteiger partial charge >= 0.3 is 0 Å². The minimum absolute atomic E-state index is 0.0418. The number of hydrogen-bond donors (Lipinski definition) is 0. The molecule has 0 aliphatic heterocycles. The lowest BCUT2D eigenvalue weighted by molar-refractivity contribution is 0.0991. The van der Waals surface area contributed by atoms with Crippen molar-refractivity contribution in [3.8, 4) is 5.69 Å². The van der Waals surface area contributed by atoms with E-state index < -0.39 is 5.38 Å². The number of Topliss-reactive ketones (excluding diaryl/α,β-unsaturated/α-hetero) is 1. The minimum Gasteiger partial charge on any atom is -0.316 e. The Morgan fingerprint density at radius 1 is 1.44 bits per heavy atom. The van der Waals surface area contributed by atoms with Crippen molar-refractivity contribution in [2.75, 3.05) is 0 Å². The third kappa shape index (κ3) is 2.18. The van der Waals surface area contributed by atoms with Gasteiger partial charge in [-0.15, -0.1) is 11.6 Å². The van der Waals surface area contributed by atoms with Crippen LogP contribution in [-0.4, -0.2) is 20.7 Å². The second kappa shape index (κ2) is 4.94. The van der Waals surface area contributed by atoms with Crippen LogP contribution in [0.3, 0.4) is 0 Å². The number of alkyl halides is 1. The van der Waals surface area contributed by atoms with E-state index in [-0.39, 0.29) is 5.78 Å². The summed E-state index contributed by atoms with van der Waals surface area (Å²) in [6, 6.07) is 5.72. The molecule has 1 atom stereocenters. The second-order valence-corrected chi connectivity index (χ2v) is 4.97. The van der Waals surface area contributed by atoms with Gasteiger partial charge in [0, 0.05) is 23.1 Å². The van der Waals surface area contributed by atoms with Crippen LogP contribution in [0.5, 0.6) is 0 Å². The van der Waals surface area contributed by atoms with Crippen LogP contribution in [0.15, 0.2) is 30.6 Å². The third-order valence-corrected chi connectivity index (χ3v) is 3.16. The molecule has 0 radical (unpaired) electrons. The Balaban J connectivity index is 2.55. The lowest BCUT2D eigenvalue weighted by Gasteiger charge is -2.09. The number of halogens is 1. The van der Waals surface area contributed by atoms with Gasteiger partial charge in [-0.1, -0.05) is 0 Å². The fourth-order valence-electron chi connectivity index (χ4n) is 2.11. The van der Waals surface area contributed by atoms with Crippen molar-refractivity contribution < 1.29 is 4.79 Å². The van der Waals surface area contributed by atoms with Crippen LogP contribution < -0.4 is 0 Å². The Kier molecular flexibility index (Phi) is 3.53. The Morgan fingerprint density at radius 3 is 2.72 bits per heavy atom. The molecule has 1 unspecified atom stereocenters. The maximum Gasteiger partial charge on any atom is 0.182 e. The highest BCUT2D eigenvalue weighted by atomic mass is 35.5. The molecule has 0 aliphatic rings. The summed E-state index contributed by atoms with van der Waals surface area (Å²) < 4.78 is 2.01. The molecule has 0 aromatic carbocycles. The van der Waals surface area contributed by atoms with Gasteiger partial charge in [0.15, 0.2) is 5.78 Å². The Morgan fingerprint density at radius 2 is 2.17 bits per heavy atom. The van der Waals surface area contributed by atoms with E-state index in [9.17, 15) is 4.79 Å².